The number of benzene rings is 2. The molecule has 0 aliphatic heterocycles. The fourth-order valence-electron chi connectivity index (χ4n) is 2.34. The summed E-state index contributed by atoms with van der Waals surface area (Å²) in [7, 11) is -3.42. The molecule has 2 unspecified atom stereocenters. The van der Waals surface area contributed by atoms with Gasteiger partial charge in [-0.05, 0) is 24.5 Å². The Morgan fingerprint density at radius 1 is 1.00 bits per heavy atom. The van der Waals surface area contributed by atoms with E-state index in [1.807, 2.05) is 48.5 Å². The number of aliphatic hydroxyl groups is 1. The van der Waals surface area contributed by atoms with Gasteiger partial charge in [0.25, 0.3) is 0 Å². The highest BCUT2D eigenvalue weighted by molar-refractivity contribution is 7.88. The lowest BCUT2D eigenvalue weighted by Gasteiger charge is -2.18. The van der Waals surface area contributed by atoms with Crippen LogP contribution in [-0.2, 0) is 15.8 Å². The van der Waals surface area contributed by atoms with Crippen molar-refractivity contribution < 1.29 is 13.5 Å². The average Bonchev–Trinajstić information content (AvgIpc) is 2.47. The molecule has 4 nitrogen and oxygen atoms in total. The van der Waals surface area contributed by atoms with Crippen molar-refractivity contribution in [2.75, 3.05) is 0 Å². The molecule has 0 saturated heterocycles. The van der Waals surface area contributed by atoms with Crippen LogP contribution in [0.15, 0.2) is 60.7 Å². The Labute approximate surface area is 131 Å². The molecule has 0 spiro atoms. The number of sulfonamides is 1. The molecule has 2 aromatic carbocycles. The smallest absolute Gasteiger partial charge is 0.216 e. The Balaban J connectivity index is 1.92. The summed E-state index contributed by atoms with van der Waals surface area (Å²) in [6.07, 6.45) is -0.353. The van der Waals surface area contributed by atoms with Gasteiger partial charge in [0, 0.05) is 6.04 Å². The van der Waals surface area contributed by atoms with E-state index >= 15 is 0 Å². The molecule has 22 heavy (non-hydrogen) atoms. The van der Waals surface area contributed by atoms with Gasteiger partial charge in [-0.3, -0.25) is 0 Å². The van der Waals surface area contributed by atoms with Crippen LogP contribution in [-0.4, -0.2) is 19.6 Å². The predicted molar refractivity (Wildman–Crippen MR) is 87.7 cm³/mol. The Hall–Kier alpha value is -1.69. The zero-order valence-electron chi connectivity index (χ0n) is 12.5. The third-order valence-electron chi connectivity index (χ3n) is 3.34. The Bertz CT molecular complexity index is 672. The highest BCUT2D eigenvalue weighted by atomic mass is 32.2. The molecule has 118 valence electrons. The molecule has 0 aliphatic rings. The van der Waals surface area contributed by atoms with Crippen molar-refractivity contribution in [1.82, 2.24) is 4.72 Å². The van der Waals surface area contributed by atoms with E-state index in [9.17, 15) is 13.5 Å². The maximum absolute atomic E-state index is 12.1. The summed E-state index contributed by atoms with van der Waals surface area (Å²) in [4.78, 5) is 0. The van der Waals surface area contributed by atoms with E-state index in [1.54, 1.807) is 19.1 Å². The monoisotopic (exact) mass is 319 g/mol. The molecule has 0 aromatic heterocycles. The normalized spacial score (nSPS) is 14.5. The van der Waals surface area contributed by atoms with Crippen molar-refractivity contribution >= 4 is 10.0 Å². The summed E-state index contributed by atoms with van der Waals surface area (Å²) in [6.45, 7) is 1.76. The van der Waals surface area contributed by atoms with E-state index in [0.717, 1.165) is 11.1 Å². The first kappa shape index (κ1) is 16.7. The molecule has 0 radical (unpaired) electrons. The summed E-state index contributed by atoms with van der Waals surface area (Å²) in [6, 6.07) is 17.9. The average molecular weight is 319 g/mol. The topological polar surface area (TPSA) is 66.4 Å². The van der Waals surface area contributed by atoms with Crippen LogP contribution in [0.4, 0.5) is 0 Å². The van der Waals surface area contributed by atoms with Crippen LogP contribution in [0.3, 0.4) is 0 Å². The van der Waals surface area contributed by atoms with Crippen LogP contribution in [0.5, 0.6) is 0 Å². The van der Waals surface area contributed by atoms with Crippen molar-refractivity contribution in [3.05, 3.63) is 71.8 Å². The highest BCUT2D eigenvalue weighted by Gasteiger charge is 2.18. The largest absolute Gasteiger partial charge is 0.388 e. The molecule has 2 rings (SSSR count). The summed E-state index contributed by atoms with van der Waals surface area (Å²) in [5, 5.41) is 10.1. The second kappa shape index (κ2) is 7.54. The molecule has 2 aromatic rings. The van der Waals surface area contributed by atoms with Crippen molar-refractivity contribution in [1.29, 1.82) is 0 Å². The molecule has 0 fully saturated rings. The van der Waals surface area contributed by atoms with Crippen molar-refractivity contribution in [2.45, 2.75) is 31.2 Å². The van der Waals surface area contributed by atoms with Gasteiger partial charge < -0.3 is 5.11 Å². The third kappa shape index (κ3) is 5.26. The molecule has 5 heteroatoms. The van der Waals surface area contributed by atoms with Crippen LogP contribution in [0.1, 0.15) is 30.6 Å². The van der Waals surface area contributed by atoms with E-state index in [0.29, 0.717) is 6.42 Å². The fraction of sp³-hybridized carbons (Fsp3) is 0.294. The third-order valence-corrected chi connectivity index (χ3v) is 4.82. The summed E-state index contributed by atoms with van der Waals surface area (Å²) in [5.41, 5.74) is 1.53. The van der Waals surface area contributed by atoms with Crippen LogP contribution >= 0.6 is 0 Å². The molecular weight excluding hydrogens is 298 g/mol. The maximum atomic E-state index is 12.1. The van der Waals surface area contributed by atoms with E-state index in [-0.39, 0.29) is 11.8 Å². The van der Waals surface area contributed by atoms with Crippen LogP contribution < -0.4 is 4.72 Å². The summed E-state index contributed by atoms with van der Waals surface area (Å²) in [5.74, 6) is -0.0559. The van der Waals surface area contributed by atoms with Crippen molar-refractivity contribution in [3.8, 4) is 0 Å². The molecule has 0 bridgehead atoms. The van der Waals surface area contributed by atoms with Gasteiger partial charge in [-0.1, -0.05) is 60.7 Å². The lowest BCUT2D eigenvalue weighted by molar-refractivity contribution is 0.158. The van der Waals surface area contributed by atoms with E-state index in [2.05, 4.69) is 4.72 Å². The number of aliphatic hydroxyl groups excluding tert-OH is 1. The standard InChI is InChI=1S/C17H21NO3S/c1-14(12-17(19)16-10-6-3-7-11-16)18-22(20,21)13-15-8-4-2-5-9-15/h2-11,14,17-19H,12-13H2,1H3. The van der Waals surface area contributed by atoms with Crippen LogP contribution in [0, 0.1) is 0 Å². The second-order valence-corrected chi connectivity index (χ2v) is 7.18. The van der Waals surface area contributed by atoms with Gasteiger partial charge in [0.15, 0.2) is 0 Å². The minimum Gasteiger partial charge on any atom is -0.388 e. The zero-order chi connectivity index (χ0) is 16.0. The molecule has 0 amide bonds. The molecule has 2 atom stereocenters. The Morgan fingerprint density at radius 2 is 1.55 bits per heavy atom. The number of hydrogen-bond acceptors (Lipinski definition) is 3. The minimum absolute atomic E-state index is 0.0559. The van der Waals surface area contributed by atoms with Gasteiger partial charge in [-0.25, -0.2) is 13.1 Å². The first-order valence-electron chi connectivity index (χ1n) is 7.23. The molecule has 0 heterocycles. The second-order valence-electron chi connectivity index (χ2n) is 5.43. The van der Waals surface area contributed by atoms with Gasteiger partial charge in [0.05, 0.1) is 11.9 Å². The van der Waals surface area contributed by atoms with E-state index < -0.39 is 16.1 Å². The van der Waals surface area contributed by atoms with Crippen LogP contribution in [0.2, 0.25) is 0 Å². The van der Waals surface area contributed by atoms with Gasteiger partial charge in [0.1, 0.15) is 0 Å². The lowest BCUT2D eigenvalue weighted by atomic mass is 10.0. The Morgan fingerprint density at radius 3 is 2.14 bits per heavy atom. The molecule has 0 aliphatic carbocycles. The zero-order valence-corrected chi connectivity index (χ0v) is 13.3. The molecular formula is C17H21NO3S. The van der Waals surface area contributed by atoms with Crippen molar-refractivity contribution in [3.63, 3.8) is 0 Å². The van der Waals surface area contributed by atoms with Gasteiger partial charge >= 0.3 is 0 Å². The lowest BCUT2D eigenvalue weighted by Crippen LogP contribution is -2.34. The number of nitrogens with one attached hydrogen (secondary N) is 1. The first-order chi connectivity index (χ1) is 10.5. The van der Waals surface area contributed by atoms with Gasteiger partial charge in [-0.2, -0.15) is 0 Å². The predicted octanol–water partition coefficient (Wildman–Crippen LogP) is 2.62. The van der Waals surface area contributed by atoms with Crippen molar-refractivity contribution in [2.24, 2.45) is 0 Å². The highest BCUT2D eigenvalue weighted by Crippen LogP contribution is 2.18. The van der Waals surface area contributed by atoms with Gasteiger partial charge in [0.2, 0.25) is 10.0 Å². The quantitative estimate of drug-likeness (QED) is 0.824. The maximum Gasteiger partial charge on any atom is 0.216 e. The SMILES string of the molecule is CC(CC(O)c1ccccc1)NS(=O)(=O)Cc1ccccc1. The summed E-state index contributed by atoms with van der Waals surface area (Å²) >= 11 is 0. The number of hydrogen-bond donors (Lipinski definition) is 2. The molecule has 0 saturated carbocycles. The summed E-state index contributed by atoms with van der Waals surface area (Å²) < 4.78 is 26.9. The first-order valence-corrected chi connectivity index (χ1v) is 8.88. The molecule has 2 N–H and O–H groups in total. The fourth-order valence-corrected chi connectivity index (χ4v) is 3.76. The van der Waals surface area contributed by atoms with E-state index in [4.69, 9.17) is 0 Å². The van der Waals surface area contributed by atoms with Gasteiger partial charge in [-0.15, -0.1) is 0 Å². The number of rotatable bonds is 7. The van der Waals surface area contributed by atoms with Crippen LogP contribution in [0.25, 0.3) is 0 Å². The Kier molecular flexibility index (Phi) is 5.71. The minimum atomic E-state index is -3.42. The van der Waals surface area contributed by atoms with E-state index in [1.165, 1.54) is 0 Å².